The lowest BCUT2D eigenvalue weighted by atomic mass is 9.82. The van der Waals surface area contributed by atoms with Crippen LogP contribution in [0.4, 0.5) is 0 Å². The molecule has 3 atom stereocenters. The van der Waals surface area contributed by atoms with Crippen molar-refractivity contribution >= 4 is 0 Å². The molecule has 2 fully saturated rings. The number of methoxy groups -OCH3 is 1. The third-order valence-corrected chi connectivity index (χ3v) is 4.89. The molecule has 4 heteroatoms. The quantitative estimate of drug-likeness (QED) is 0.782. The number of likely N-dealkylation sites (tertiary alicyclic amines) is 2. The summed E-state index contributed by atoms with van der Waals surface area (Å²) in [6, 6.07) is 0.633. The summed E-state index contributed by atoms with van der Waals surface area (Å²) in [5, 5.41) is 0. The van der Waals surface area contributed by atoms with Gasteiger partial charge < -0.3 is 15.4 Å². The highest BCUT2D eigenvalue weighted by Gasteiger charge is 2.43. The van der Waals surface area contributed by atoms with Gasteiger partial charge in [-0.2, -0.15) is 0 Å². The second kappa shape index (κ2) is 5.22. The normalized spacial score (nSPS) is 40.9. The van der Waals surface area contributed by atoms with Gasteiger partial charge in [0.1, 0.15) is 0 Å². The van der Waals surface area contributed by atoms with Gasteiger partial charge in [-0.15, -0.1) is 0 Å². The van der Waals surface area contributed by atoms with Gasteiger partial charge in [0, 0.05) is 38.3 Å². The largest absolute Gasteiger partial charge is 0.380 e. The Morgan fingerprint density at radius 2 is 2.18 bits per heavy atom. The molecular weight excluding hydrogens is 214 g/mol. The van der Waals surface area contributed by atoms with E-state index in [4.69, 9.17) is 10.5 Å². The molecule has 0 aromatic rings. The van der Waals surface area contributed by atoms with E-state index in [9.17, 15) is 0 Å². The molecule has 0 aliphatic carbocycles. The zero-order valence-corrected chi connectivity index (χ0v) is 11.5. The number of hydrogen-bond donors (Lipinski definition) is 1. The molecule has 0 bridgehead atoms. The van der Waals surface area contributed by atoms with Gasteiger partial charge in [0.2, 0.25) is 0 Å². The van der Waals surface area contributed by atoms with E-state index in [0.29, 0.717) is 12.1 Å². The van der Waals surface area contributed by atoms with Crippen molar-refractivity contribution in [1.82, 2.24) is 9.80 Å². The van der Waals surface area contributed by atoms with E-state index in [1.165, 1.54) is 12.8 Å². The van der Waals surface area contributed by atoms with Crippen molar-refractivity contribution in [3.63, 3.8) is 0 Å². The van der Waals surface area contributed by atoms with Crippen LogP contribution < -0.4 is 5.73 Å². The van der Waals surface area contributed by atoms with Gasteiger partial charge in [-0.1, -0.05) is 0 Å². The Bertz CT molecular complexity index is 261. The Hall–Kier alpha value is -0.160. The van der Waals surface area contributed by atoms with Gasteiger partial charge in [-0.25, -0.2) is 0 Å². The summed E-state index contributed by atoms with van der Waals surface area (Å²) < 4.78 is 5.48. The number of piperidine rings is 1. The van der Waals surface area contributed by atoms with Gasteiger partial charge >= 0.3 is 0 Å². The van der Waals surface area contributed by atoms with E-state index >= 15 is 0 Å². The molecule has 0 spiro atoms. The van der Waals surface area contributed by atoms with Crippen molar-refractivity contribution in [1.29, 1.82) is 0 Å². The number of hydrogen-bond acceptors (Lipinski definition) is 4. The van der Waals surface area contributed by atoms with E-state index in [0.717, 1.165) is 32.6 Å². The van der Waals surface area contributed by atoms with Crippen LogP contribution in [-0.4, -0.2) is 67.8 Å². The molecule has 4 nitrogen and oxygen atoms in total. The molecule has 0 saturated carbocycles. The summed E-state index contributed by atoms with van der Waals surface area (Å²) >= 11 is 0. The predicted octanol–water partition coefficient (Wildman–Crippen LogP) is 0.519. The highest BCUT2D eigenvalue weighted by molar-refractivity contribution is 5.01. The van der Waals surface area contributed by atoms with Crippen LogP contribution in [0.2, 0.25) is 0 Å². The van der Waals surface area contributed by atoms with Gasteiger partial charge in [0.25, 0.3) is 0 Å². The number of ether oxygens (including phenoxy) is 1. The minimum atomic E-state index is 0.221. The molecule has 2 saturated heterocycles. The fourth-order valence-electron chi connectivity index (χ4n) is 3.37. The monoisotopic (exact) mass is 241 g/mol. The van der Waals surface area contributed by atoms with Crippen LogP contribution in [0.25, 0.3) is 0 Å². The maximum Gasteiger partial charge on any atom is 0.0710 e. The third kappa shape index (κ3) is 2.50. The maximum absolute atomic E-state index is 6.11. The lowest BCUT2D eigenvalue weighted by Gasteiger charge is -2.49. The summed E-state index contributed by atoms with van der Waals surface area (Å²) in [7, 11) is 4.04. The molecular formula is C13H27N3O. The highest BCUT2D eigenvalue weighted by atomic mass is 16.5. The molecule has 2 aliphatic heterocycles. The van der Waals surface area contributed by atoms with Crippen LogP contribution in [0.5, 0.6) is 0 Å². The second-order valence-corrected chi connectivity index (χ2v) is 5.80. The summed E-state index contributed by atoms with van der Waals surface area (Å²) in [5.41, 5.74) is 6.33. The topological polar surface area (TPSA) is 41.7 Å². The number of nitrogens with two attached hydrogens (primary N) is 1. The van der Waals surface area contributed by atoms with Crippen LogP contribution in [0, 0.1) is 0 Å². The molecule has 0 amide bonds. The first-order valence-electron chi connectivity index (χ1n) is 6.79. The third-order valence-electron chi connectivity index (χ3n) is 4.89. The van der Waals surface area contributed by atoms with Crippen LogP contribution in [-0.2, 0) is 4.74 Å². The van der Waals surface area contributed by atoms with Gasteiger partial charge in [-0.05, 0) is 39.8 Å². The SMILES string of the molecule is COC1CCN(C2(CN)CCN(C)C(C)C2)C1. The van der Waals surface area contributed by atoms with E-state index in [2.05, 4.69) is 23.8 Å². The number of nitrogens with zero attached hydrogens (tertiary/aromatic N) is 2. The van der Waals surface area contributed by atoms with E-state index in [1.54, 1.807) is 0 Å². The Labute approximate surface area is 105 Å². The van der Waals surface area contributed by atoms with Crippen molar-refractivity contribution in [2.75, 3.05) is 40.3 Å². The Kier molecular flexibility index (Phi) is 4.08. The van der Waals surface area contributed by atoms with E-state index in [1.807, 2.05) is 7.11 Å². The standard InChI is InChI=1S/C13H27N3O/c1-11-8-13(10-14,5-7-15(11)2)16-6-4-12(9-16)17-3/h11-12H,4-10,14H2,1-3H3. The van der Waals surface area contributed by atoms with Crippen LogP contribution in [0.1, 0.15) is 26.2 Å². The molecule has 2 N–H and O–H groups in total. The summed E-state index contributed by atoms with van der Waals surface area (Å²) in [6.45, 7) is 6.46. The lowest BCUT2D eigenvalue weighted by molar-refractivity contribution is 0.0129. The van der Waals surface area contributed by atoms with Gasteiger partial charge in [0.05, 0.1) is 6.10 Å². The Morgan fingerprint density at radius 1 is 1.41 bits per heavy atom. The molecule has 2 heterocycles. The fourth-order valence-corrected chi connectivity index (χ4v) is 3.37. The minimum Gasteiger partial charge on any atom is -0.380 e. The zero-order valence-electron chi connectivity index (χ0n) is 11.5. The van der Waals surface area contributed by atoms with E-state index in [-0.39, 0.29) is 5.54 Å². The van der Waals surface area contributed by atoms with E-state index < -0.39 is 0 Å². The zero-order chi connectivity index (χ0) is 12.5. The Morgan fingerprint density at radius 3 is 2.71 bits per heavy atom. The molecule has 0 radical (unpaired) electrons. The van der Waals surface area contributed by atoms with Crippen LogP contribution >= 0.6 is 0 Å². The molecule has 2 aliphatic rings. The van der Waals surface area contributed by atoms with Crippen molar-refractivity contribution in [3.8, 4) is 0 Å². The average molecular weight is 241 g/mol. The lowest BCUT2D eigenvalue weighted by Crippen LogP contribution is -2.60. The Balaban J connectivity index is 2.05. The fraction of sp³-hybridized carbons (Fsp3) is 1.00. The average Bonchev–Trinajstić information content (AvgIpc) is 2.82. The van der Waals surface area contributed by atoms with Crippen LogP contribution in [0.3, 0.4) is 0 Å². The minimum absolute atomic E-state index is 0.221. The first-order chi connectivity index (χ1) is 8.11. The molecule has 0 aromatic carbocycles. The van der Waals surface area contributed by atoms with Crippen molar-refractivity contribution in [2.24, 2.45) is 5.73 Å². The van der Waals surface area contributed by atoms with Crippen LogP contribution in [0.15, 0.2) is 0 Å². The second-order valence-electron chi connectivity index (χ2n) is 5.80. The van der Waals surface area contributed by atoms with Gasteiger partial charge in [0.15, 0.2) is 0 Å². The molecule has 2 rings (SSSR count). The van der Waals surface area contributed by atoms with Crippen molar-refractivity contribution in [3.05, 3.63) is 0 Å². The van der Waals surface area contributed by atoms with Gasteiger partial charge in [-0.3, -0.25) is 4.90 Å². The molecule has 100 valence electrons. The van der Waals surface area contributed by atoms with Crippen molar-refractivity contribution < 1.29 is 4.74 Å². The predicted molar refractivity (Wildman–Crippen MR) is 70.1 cm³/mol. The maximum atomic E-state index is 6.11. The molecule has 17 heavy (non-hydrogen) atoms. The summed E-state index contributed by atoms with van der Waals surface area (Å²) in [6.07, 6.45) is 3.95. The smallest absolute Gasteiger partial charge is 0.0710 e. The first-order valence-corrected chi connectivity index (χ1v) is 6.79. The molecule has 3 unspecified atom stereocenters. The summed E-state index contributed by atoms with van der Waals surface area (Å²) in [4.78, 5) is 5.03. The highest BCUT2D eigenvalue weighted by Crippen LogP contribution is 2.33. The molecule has 0 aromatic heterocycles. The number of rotatable bonds is 3. The first kappa shape index (κ1) is 13.3. The van der Waals surface area contributed by atoms with Crippen molar-refractivity contribution in [2.45, 2.75) is 43.9 Å². The summed E-state index contributed by atoms with van der Waals surface area (Å²) in [5.74, 6) is 0.